The largest absolute Gasteiger partial charge is 0.506 e. The highest BCUT2D eigenvalue weighted by Gasteiger charge is 2.24. The Bertz CT molecular complexity index is 593. The zero-order valence-electron chi connectivity index (χ0n) is 12.0. The monoisotopic (exact) mass is 276 g/mol. The van der Waals surface area contributed by atoms with Crippen LogP contribution in [0.3, 0.4) is 0 Å². The number of aromatic hydroxyl groups is 1. The van der Waals surface area contributed by atoms with Gasteiger partial charge >= 0.3 is 0 Å². The SMILES string of the molecule is Cc1ccc(O)c(CNCC(C)(O)c2cnn(C)c2)n1. The van der Waals surface area contributed by atoms with E-state index in [1.807, 2.05) is 14.0 Å². The molecule has 0 fully saturated rings. The summed E-state index contributed by atoms with van der Waals surface area (Å²) in [6.07, 6.45) is 3.42. The van der Waals surface area contributed by atoms with Gasteiger partial charge in [-0.2, -0.15) is 5.10 Å². The smallest absolute Gasteiger partial charge is 0.138 e. The fraction of sp³-hybridized carbons (Fsp3) is 0.429. The molecule has 108 valence electrons. The molecule has 0 saturated carbocycles. The van der Waals surface area contributed by atoms with Crippen molar-refractivity contribution in [3.05, 3.63) is 41.5 Å². The van der Waals surface area contributed by atoms with Gasteiger partial charge in [0.1, 0.15) is 11.4 Å². The fourth-order valence-electron chi connectivity index (χ4n) is 1.96. The van der Waals surface area contributed by atoms with E-state index in [0.29, 0.717) is 18.8 Å². The summed E-state index contributed by atoms with van der Waals surface area (Å²) in [4.78, 5) is 4.26. The first-order valence-corrected chi connectivity index (χ1v) is 6.46. The first kappa shape index (κ1) is 14.5. The zero-order chi connectivity index (χ0) is 14.8. The van der Waals surface area contributed by atoms with Crippen LogP contribution in [0.4, 0.5) is 0 Å². The van der Waals surface area contributed by atoms with Crippen LogP contribution in [0.2, 0.25) is 0 Å². The van der Waals surface area contributed by atoms with Crippen LogP contribution in [0.1, 0.15) is 23.9 Å². The lowest BCUT2D eigenvalue weighted by Gasteiger charge is -2.22. The van der Waals surface area contributed by atoms with Crippen LogP contribution in [0.15, 0.2) is 24.5 Å². The Morgan fingerprint density at radius 1 is 1.40 bits per heavy atom. The minimum absolute atomic E-state index is 0.157. The second-order valence-electron chi connectivity index (χ2n) is 5.20. The third-order valence-electron chi connectivity index (χ3n) is 3.18. The van der Waals surface area contributed by atoms with Gasteiger partial charge in [0.05, 0.1) is 11.9 Å². The number of pyridine rings is 1. The maximum Gasteiger partial charge on any atom is 0.138 e. The number of aryl methyl sites for hydroxylation is 2. The van der Waals surface area contributed by atoms with Gasteiger partial charge in [-0.05, 0) is 26.0 Å². The molecule has 2 aromatic rings. The van der Waals surface area contributed by atoms with E-state index in [-0.39, 0.29) is 5.75 Å². The summed E-state index contributed by atoms with van der Waals surface area (Å²) in [7, 11) is 1.81. The van der Waals surface area contributed by atoms with Crippen molar-refractivity contribution in [2.45, 2.75) is 26.0 Å². The average Bonchev–Trinajstić information content (AvgIpc) is 2.81. The third kappa shape index (κ3) is 3.34. The number of rotatable bonds is 5. The Morgan fingerprint density at radius 2 is 2.15 bits per heavy atom. The van der Waals surface area contributed by atoms with Gasteiger partial charge in [0.25, 0.3) is 0 Å². The molecule has 0 spiro atoms. The highest BCUT2D eigenvalue weighted by Crippen LogP contribution is 2.19. The molecule has 6 nitrogen and oxygen atoms in total. The maximum atomic E-state index is 10.4. The van der Waals surface area contributed by atoms with Crippen LogP contribution in [-0.4, -0.2) is 31.5 Å². The summed E-state index contributed by atoms with van der Waals surface area (Å²) in [6, 6.07) is 3.38. The molecule has 1 atom stereocenters. The molecule has 0 amide bonds. The first-order chi connectivity index (χ1) is 9.38. The molecule has 2 aromatic heterocycles. The van der Waals surface area contributed by atoms with E-state index in [9.17, 15) is 10.2 Å². The van der Waals surface area contributed by atoms with Crippen molar-refractivity contribution in [2.24, 2.45) is 7.05 Å². The van der Waals surface area contributed by atoms with E-state index in [2.05, 4.69) is 15.4 Å². The van der Waals surface area contributed by atoms with Gasteiger partial charge in [-0.3, -0.25) is 9.67 Å². The Labute approximate surface area is 118 Å². The molecule has 2 rings (SSSR count). The van der Waals surface area contributed by atoms with E-state index >= 15 is 0 Å². The van der Waals surface area contributed by atoms with Crippen molar-refractivity contribution in [3.8, 4) is 5.75 Å². The van der Waals surface area contributed by atoms with Crippen LogP contribution in [0.5, 0.6) is 5.75 Å². The third-order valence-corrected chi connectivity index (χ3v) is 3.18. The summed E-state index contributed by atoms with van der Waals surface area (Å²) in [5.41, 5.74) is 1.15. The van der Waals surface area contributed by atoms with Crippen LogP contribution >= 0.6 is 0 Å². The Kier molecular flexibility index (Phi) is 4.06. The average molecular weight is 276 g/mol. The summed E-state index contributed by atoms with van der Waals surface area (Å²) in [5.74, 6) is 0.157. The molecule has 6 heteroatoms. The highest BCUT2D eigenvalue weighted by molar-refractivity contribution is 5.27. The molecular weight excluding hydrogens is 256 g/mol. The van der Waals surface area contributed by atoms with Gasteiger partial charge in [-0.1, -0.05) is 0 Å². The molecule has 0 aliphatic rings. The molecule has 0 saturated heterocycles. The van der Waals surface area contributed by atoms with E-state index in [4.69, 9.17) is 0 Å². The van der Waals surface area contributed by atoms with Crippen LogP contribution in [-0.2, 0) is 19.2 Å². The lowest BCUT2D eigenvalue weighted by Crippen LogP contribution is -2.35. The van der Waals surface area contributed by atoms with E-state index in [1.165, 1.54) is 0 Å². The zero-order valence-corrected chi connectivity index (χ0v) is 12.0. The van der Waals surface area contributed by atoms with Gasteiger partial charge < -0.3 is 15.5 Å². The minimum Gasteiger partial charge on any atom is -0.506 e. The number of nitrogens with zero attached hydrogens (tertiary/aromatic N) is 3. The summed E-state index contributed by atoms with van der Waals surface area (Å²) in [6.45, 7) is 4.33. The van der Waals surface area contributed by atoms with Gasteiger partial charge in [-0.25, -0.2) is 0 Å². The lowest BCUT2D eigenvalue weighted by atomic mass is 10.00. The van der Waals surface area contributed by atoms with Gasteiger partial charge in [0.2, 0.25) is 0 Å². The van der Waals surface area contributed by atoms with Gasteiger partial charge in [-0.15, -0.1) is 0 Å². The molecule has 0 aliphatic carbocycles. The molecular formula is C14H20N4O2. The predicted octanol–water partition coefficient (Wildman–Crippen LogP) is 0.826. The second kappa shape index (κ2) is 5.60. The van der Waals surface area contributed by atoms with Crippen molar-refractivity contribution >= 4 is 0 Å². The number of aromatic nitrogens is 3. The second-order valence-corrected chi connectivity index (χ2v) is 5.20. The van der Waals surface area contributed by atoms with Crippen LogP contribution in [0, 0.1) is 6.92 Å². The lowest BCUT2D eigenvalue weighted by molar-refractivity contribution is 0.0564. The van der Waals surface area contributed by atoms with E-state index in [0.717, 1.165) is 11.3 Å². The summed E-state index contributed by atoms with van der Waals surface area (Å²) >= 11 is 0. The van der Waals surface area contributed by atoms with E-state index in [1.54, 1.807) is 36.1 Å². The van der Waals surface area contributed by atoms with Crippen molar-refractivity contribution in [3.63, 3.8) is 0 Å². The molecule has 0 aromatic carbocycles. The fourth-order valence-corrected chi connectivity index (χ4v) is 1.96. The summed E-state index contributed by atoms with van der Waals surface area (Å²) < 4.78 is 1.65. The number of hydrogen-bond donors (Lipinski definition) is 3. The Balaban J connectivity index is 1.97. The highest BCUT2D eigenvalue weighted by atomic mass is 16.3. The molecule has 1 unspecified atom stereocenters. The topological polar surface area (TPSA) is 83.2 Å². The molecule has 2 heterocycles. The normalized spacial score (nSPS) is 14.2. The molecule has 0 bridgehead atoms. The van der Waals surface area contributed by atoms with Crippen LogP contribution in [0.25, 0.3) is 0 Å². The van der Waals surface area contributed by atoms with Crippen LogP contribution < -0.4 is 5.32 Å². The quantitative estimate of drug-likeness (QED) is 0.753. The number of hydrogen-bond acceptors (Lipinski definition) is 5. The van der Waals surface area contributed by atoms with Crippen molar-refractivity contribution in [1.82, 2.24) is 20.1 Å². The van der Waals surface area contributed by atoms with Crippen molar-refractivity contribution < 1.29 is 10.2 Å². The van der Waals surface area contributed by atoms with Gasteiger partial charge in [0, 0.05) is 37.6 Å². The maximum absolute atomic E-state index is 10.4. The Morgan fingerprint density at radius 3 is 2.80 bits per heavy atom. The van der Waals surface area contributed by atoms with Gasteiger partial charge in [0.15, 0.2) is 0 Å². The number of aliphatic hydroxyl groups is 1. The summed E-state index contributed by atoms with van der Waals surface area (Å²) in [5, 5.41) is 27.3. The van der Waals surface area contributed by atoms with Crippen molar-refractivity contribution in [2.75, 3.05) is 6.54 Å². The number of nitrogens with one attached hydrogen (secondary N) is 1. The predicted molar refractivity (Wildman–Crippen MR) is 75.1 cm³/mol. The molecule has 0 aliphatic heterocycles. The standard InChI is InChI=1S/C14H20N4O2/c1-10-4-5-13(19)12(17-10)7-15-9-14(2,20)11-6-16-18(3)8-11/h4-6,8,15,19-20H,7,9H2,1-3H3. The molecule has 20 heavy (non-hydrogen) atoms. The Hall–Kier alpha value is -1.92. The minimum atomic E-state index is -1.02. The molecule has 0 radical (unpaired) electrons. The van der Waals surface area contributed by atoms with E-state index < -0.39 is 5.60 Å². The van der Waals surface area contributed by atoms with Crippen molar-refractivity contribution in [1.29, 1.82) is 0 Å². The molecule has 3 N–H and O–H groups in total. The first-order valence-electron chi connectivity index (χ1n) is 6.46.